The topological polar surface area (TPSA) is 55.5 Å². The second-order valence-electron chi connectivity index (χ2n) is 2.75. The van der Waals surface area contributed by atoms with Gasteiger partial charge in [-0.1, -0.05) is 6.07 Å². The maximum Gasteiger partial charge on any atom is 0.200 e. The van der Waals surface area contributed by atoms with Gasteiger partial charge in [0.25, 0.3) is 0 Å². The van der Waals surface area contributed by atoms with Crippen molar-refractivity contribution in [2.75, 3.05) is 13.2 Å². The lowest BCUT2D eigenvalue weighted by Crippen LogP contribution is -2.26. The van der Waals surface area contributed by atoms with E-state index in [-0.39, 0.29) is 18.9 Å². The van der Waals surface area contributed by atoms with E-state index < -0.39 is 17.7 Å². The lowest BCUT2D eigenvalue weighted by Gasteiger charge is -2.10. The number of benzene rings is 1. The minimum Gasteiger partial charge on any atom is -0.488 e. The van der Waals surface area contributed by atoms with E-state index in [9.17, 15) is 8.78 Å². The molecule has 0 saturated carbocycles. The lowest BCUT2D eigenvalue weighted by atomic mass is 10.3. The highest BCUT2D eigenvalue weighted by Crippen LogP contribution is 2.18. The van der Waals surface area contributed by atoms with Crippen LogP contribution in [0, 0.1) is 11.6 Å². The largest absolute Gasteiger partial charge is 0.488 e. The molecule has 0 aromatic heterocycles. The predicted molar refractivity (Wildman–Crippen MR) is 46.9 cm³/mol. The molecule has 0 amide bonds. The summed E-state index contributed by atoms with van der Waals surface area (Å²) < 4.78 is 30.4. The van der Waals surface area contributed by atoms with E-state index in [0.29, 0.717) is 0 Å². The van der Waals surface area contributed by atoms with Crippen molar-refractivity contribution in [3.8, 4) is 5.75 Å². The summed E-state index contributed by atoms with van der Waals surface area (Å²) in [7, 11) is 0. The summed E-state index contributed by atoms with van der Waals surface area (Å²) in [5.74, 6) is -2.26. The third kappa shape index (κ3) is 2.65. The molecule has 0 spiro atoms. The fourth-order valence-corrected chi connectivity index (χ4v) is 0.850. The number of halogens is 2. The van der Waals surface area contributed by atoms with Crippen molar-refractivity contribution in [1.29, 1.82) is 0 Å². The number of nitrogens with two attached hydrogens (primary N) is 1. The molecule has 1 aromatic rings. The van der Waals surface area contributed by atoms with Crippen LogP contribution in [-0.2, 0) is 0 Å². The molecule has 0 fully saturated rings. The average Bonchev–Trinajstić information content (AvgIpc) is 2.20. The molecule has 1 unspecified atom stereocenters. The predicted octanol–water partition coefficient (Wildman–Crippen LogP) is 0.663. The van der Waals surface area contributed by atoms with Crippen molar-refractivity contribution < 1.29 is 18.6 Å². The molecule has 0 saturated heterocycles. The van der Waals surface area contributed by atoms with E-state index >= 15 is 0 Å². The SMILES string of the molecule is NCC(O)COc1cccc(F)c1F. The minimum atomic E-state index is -1.06. The van der Waals surface area contributed by atoms with Crippen molar-refractivity contribution >= 4 is 0 Å². The molecular formula is C9H11F2NO2. The van der Waals surface area contributed by atoms with Gasteiger partial charge in [0.1, 0.15) is 12.7 Å². The number of aliphatic hydroxyl groups is 1. The lowest BCUT2D eigenvalue weighted by molar-refractivity contribution is 0.111. The van der Waals surface area contributed by atoms with Gasteiger partial charge in [-0.05, 0) is 12.1 Å². The van der Waals surface area contributed by atoms with Gasteiger partial charge in [-0.15, -0.1) is 0 Å². The van der Waals surface area contributed by atoms with Crippen molar-refractivity contribution in [3.05, 3.63) is 29.8 Å². The maximum atomic E-state index is 12.9. The van der Waals surface area contributed by atoms with Gasteiger partial charge in [-0.3, -0.25) is 0 Å². The van der Waals surface area contributed by atoms with Gasteiger partial charge < -0.3 is 15.6 Å². The molecule has 1 atom stereocenters. The Balaban J connectivity index is 2.63. The molecule has 0 aliphatic heterocycles. The van der Waals surface area contributed by atoms with Gasteiger partial charge in [-0.2, -0.15) is 4.39 Å². The first-order valence-corrected chi connectivity index (χ1v) is 4.10. The van der Waals surface area contributed by atoms with Crippen molar-refractivity contribution in [3.63, 3.8) is 0 Å². The molecule has 0 aliphatic carbocycles. The van der Waals surface area contributed by atoms with Gasteiger partial charge in [-0.25, -0.2) is 4.39 Å². The zero-order chi connectivity index (χ0) is 10.6. The molecule has 1 aromatic carbocycles. The molecule has 78 valence electrons. The monoisotopic (exact) mass is 203 g/mol. The van der Waals surface area contributed by atoms with Crippen LogP contribution in [0.1, 0.15) is 0 Å². The Kier molecular flexibility index (Phi) is 3.79. The van der Waals surface area contributed by atoms with Crippen LogP contribution in [0.25, 0.3) is 0 Å². The summed E-state index contributed by atoms with van der Waals surface area (Å²) in [5.41, 5.74) is 5.11. The summed E-state index contributed by atoms with van der Waals surface area (Å²) in [5, 5.41) is 9.01. The average molecular weight is 203 g/mol. The second kappa shape index (κ2) is 4.88. The van der Waals surface area contributed by atoms with E-state index in [0.717, 1.165) is 6.07 Å². The zero-order valence-corrected chi connectivity index (χ0v) is 7.41. The van der Waals surface area contributed by atoms with Gasteiger partial charge >= 0.3 is 0 Å². The normalized spacial score (nSPS) is 12.6. The van der Waals surface area contributed by atoms with Crippen LogP contribution in [-0.4, -0.2) is 24.4 Å². The molecule has 5 heteroatoms. The highest BCUT2D eigenvalue weighted by Gasteiger charge is 2.10. The summed E-state index contributed by atoms with van der Waals surface area (Å²) in [6, 6.07) is 3.59. The van der Waals surface area contributed by atoms with Gasteiger partial charge in [0, 0.05) is 6.54 Å². The van der Waals surface area contributed by atoms with Gasteiger partial charge in [0.2, 0.25) is 5.82 Å². The highest BCUT2D eigenvalue weighted by atomic mass is 19.2. The number of ether oxygens (including phenoxy) is 1. The van der Waals surface area contributed by atoms with Crippen molar-refractivity contribution in [1.82, 2.24) is 0 Å². The Morgan fingerprint density at radius 2 is 2.14 bits per heavy atom. The molecular weight excluding hydrogens is 192 g/mol. The van der Waals surface area contributed by atoms with E-state index in [1.165, 1.54) is 12.1 Å². The first kappa shape index (κ1) is 10.9. The Labute approximate surface area is 80.1 Å². The van der Waals surface area contributed by atoms with E-state index in [2.05, 4.69) is 0 Å². The molecule has 0 radical (unpaired) electrons. The summed E-state index contributed by atoms with van der Waals surface area (Å²) >= 11 is 0. The number of rotatable bonds is 4. The molecule has 3 nitrogen and oxygen atoms in total. The summed E-state index contributed by atoms with van der Waals surface area (Å²) in [6.07, 6.45) is -0.877. The number of aliphatic hydroxyl groups excluding tert-OH is 1. The molecule has 1 rings (SSSR count). The van der Waals surface area contributed by atoms with Crippen LogP contribution >= 0.6 is 0 Å². The third-order valence-corrected chi connectivity index (χ3v) is 1.62. The molecule has 0 bridgehead atoms. The fourth-order valence-electron chi connectivity index (χ4n) is 0.850. The Morgan fingerprint density at radius 3 is 2.79 bits per heavy atom. The van der Waals surface area contributed by atoms with Crippen LogP contribution in [0.4, 0.5) is 8.78 Å². The van der Waals surface area contributed by atoms with Crippen molar-refractivity contribution in [2.45, 2.75) is 6.10 Å². The maximum absolute atomic E-state index is 12.9. The molecule has 3 N–H and O–H groups in total. The standard InChI is InChI=1S/C9H11F2NO2/c10-7-2-1-3-8(9(7)11)14-5-6(13)4-12/h1-3,6,13H,4-5,12H2. The van der Waals surface area contributed by atoms with Crippen LogP contribution in [0.5, 0.6) is 5.75 Å². The quantitative estimate of drug-likeness (QED) is 0.756. The molecule has 14 heavy (non-hydrogen) atoms. The van der Waals surface area contributed by atoms with Crippen LogP contribution in [0.15, 0.2) is 18.2 Å². The molecule has 0 heterocycles. The van der Waals surface area contributed by atoms with E-state index in [1.54, 1.807) is 0 Å². The van der Waals surface area contributed by atoms with Gasteiger partial charge in [0.15, 0.2) is 11.6 Å². The second-order valence-corrected chi connectivity index (χ2v) is 2.75. The Morgan fingerprint density at radius 1 is 1.43 bits per heavy atom. The highest BCUT2D eigenvalue weighted by molar-refractivity contribution is 5.24. The Bertz CT molecular complexity index is 307. The first-order chi connectivity index (χ1) is 6.65. The minimum absolute atomic E-state index is 0.0108. The number of hydrogen-bond acceptors (Lipinski definition) is 3. The van der Waals surface area contributed by atoms with Gasteiger partial charge in [0.05, 0.1) is 0 Å². The number of hydrogen-bond donors (Lipinski definition) is 2. The van der Waals surface area contributed by atoms with Crippen LogP contribution in [0.2, 0.25) is 0 Å². The van der Waals surface area contributed by atoms with E-state index in [1.807, 2.05) is 0 Å². The van der Waals surface area contributed by atoms with Crippen LogP contribution < -0.4 is 10.5 Å². The fraction of sp³-hybridized carbons (Fsp3) is 0.333. The first-order valence-electron chi connectivity index (χ1n) is 4.10. The molecule has 0 aliphatic rings. The zero-order valence-electron chi connectivity index (χ0n) is 7.41. The smallest absolute Gasteiger partial charge is 0.200 e. The Hall–Kier alpha value is -1.20. The van der Waals surface area contributed by atoms with Crippen molar-refractivity contribution in [2.24, 2.45) is 5.73 Å². The third-order valence-electron chi connectivity index (χ3n) is 1.62. The van der Waals surface area contributed by atoms with Crippen LogP contribution in [0.3, 0.4) is 0 Å². The van der Waals surface area contributed by atoms with E-state index in [4.69, 9.17) is 15.6 Å². The summed E-state index contributed by atoms with van der Waals surface area (Å²) in [6.45, 7) is -0.145. The summed E-state index contributed by atoms with van der Waals surface area (Å²) in [4.78, 5) is 0.